The first-order valence-electron chi connectivity index (χ1n) is 7.92. The van der Waals surface area contributed by atoms with E-state index in [9.17, 15) is 9.90 Å². The molecule has 1 heterocycles. The summed E-state index contributed by atoms with van der Waals surface area (Å²) in [5.74, 6) is -0.112. The van der Waals surface area contributed by atoms with Crippen molar-refractivity contribution in [2.45, 2.75) is 57.3 Å². The van der Waals surface area contributed by atoms with E-state index in [1.807, 2.05) is 6.92 Å². The van der Waals surface area contributed by atoms with E-state index in [0.717, 1.165) is 25.7 Å². The van der Waals surface area contributed by atoms with Crippen molar-refractivity contribution in [1.29, 1.82) is 0 Å². The van der Waals surface area contributed by atoms with Crippen LogP contribution < -0.4 is 0 Å². The van der Waals surface area contributed by atoms with Crippen LogP contribution in [-0.4, -0.2) is 36.0 Å². The van der Waals surface area contributed by atoms with Gasteiger partial charge < -0.3 is 14.6 Å². The Morgan fingerprint density at radius 3 is 2.81 bits per heavy atom. The van der Waals surface area contributed by atoms with Crippen LogP contribution in [0.3, 0.4) is 0 Å². The summed E-state index contributed by atoms with van der Waals surface area (Å²) in [6.07, 6.45) is 3.21. The number of hydrogen-bond acceptors (Lipinski definition) is 4. The minimum atomic E-state index is -0.643. The van der Waals surface area contributed by atoms with Crippen molar-refractivity contribution in [1.82, 2.24) is 0 Å². The summed E-state index contributed by atoms with van der Waals surface area (Å²) >= 11 is 0. The van der Waals surface area contributed by atoms with E-state index in [2.05, 4.69) is 13.5 Å². The summed E-state index contributed by atoms with van der Waals surface area (Å²) in [4.78, 5) is 12.0. The van der Waals surface area contributed by atoms with Crippen molar-refractivity contribution < 1.29 is 19.4 Å². The Kier molecular flexibility index (Phi) is 2.44. The Labute approximate surface area is 125 Å². The zero-order chi connectivity index (χ0) is 15.2. The molecule has 3 aliphatic carbocycles. The fourth-order valence-corrected chi connectivity index (χ4v) is 5.87. The Balaban J connectivity index is 1.84. The van der Waals surface area contributed by atoms with Crippen LogP contribution in [0.25, 0.3) is 0 Å². The van der Waals surface area contributed by atoms with Gasteiger partial charge in [0.25, 0.3) is 0 Å². The maximum atomic E-state index is 12.0. The quantitative estimate of drug-likeness (QED) is 0.594. The Morgan fingerprint density at radius 2 is 2.14 bits per heavy atom. The monoisotopic (exact) mass is 292 g/mol. The third kappa shape index (κ3) is 1.36. The number of ether oxygens (including phenoxy) is 2. The highest BCUT2D eigenvalue weighted by Crippen LogP contribution is 2.80. The lowest BCUT2D eigenvalue weighted by Gasteiger charge is -2.39. The molecule has 0 radical (unpaired) electrons. The maximum Gasteiger partial charge on any atom is 0.334 e. The molecule has 4 heteroatoms. The van der Waals surface area contributed by atoms with Crippen LogP contribution >= 0.6 is 0 Å². The number of esters is 1. The van der Waals surface area contributed by atoms with Crippen LogP contribution in [0, 0.1) is 22.7 Å². The summed E-state index contributed by atoms with van der Waals surface area (Å²) < 4.78 is 11.5. The van der Waals surface area contributed by atoms with Gasteiger partial charge in [-0.15, -0.1) is 0 Å². The Morgan fingerprint density at radius 1 is 1.43 bits per heavy atom. The van der Waals surface area contributed by atoms with Crippen molar-refractivity contribution in [2.75, 3.05) is 7.11 Å². The van der Waals surface area contributed by atoms with Gasteiger partial charge in [0, 0.05) is 24.5 Å². The number of aliphatic hydroxyl groups is 1. The topological polar surface area (TPSA) is 55.8 Å². The third-order valence-electron chi connectivity index (χ3n) is 7.34. The molecule has 0 unspecified atom stereocenters. The van der Waals surface area contributed by atoms with Crippen LogP contribution in [0.5, 0.6) is 0 Å². The molecule has 1 aliphatic heterocycles. The van der Waals surface area contributed by atoms with Crippen molar-refractivity contribution in [3.63, 3.8) is 0 Å². The van der Waals surface area contributed by atoms with Crippen molar-refractivity contribution in [3.8, 4) is 0 Å². The van der Waals surface area contributed by atoms with Gasteiger partial charge in [0.15, 0.2) is 0 Å². The Bertz CT molecular complexity index is 543. The van der Waals surface area contributed by atoms with Crippen LogP contribution in [-0.2, 0) is 14.3 Å². The molecule has 4 nitrogen and oxygen atoms in total. The average molecular weight is 292 g/mol. The second-order valence-electron chi connectivity index (χ2n) is 8.02. The van der Waals surface area contributed by atoms with E-state index in [1.54, 1.807) is 7.11 Å². The first-order valence-corrected chi connectivity index (χ1v) is 7.92. The van der Waals surface area contributed by atoms with E-state index < -0.39 is 11.7 Å². The van der Waals surface area contributed by atoms with Crippen LogP contribution in [0.1, 0.15) is 39.5 Å². The second kappa shape index (κ2) is 3.72. The van der Waals surface area contributed by atoms with Gasteiger partial charge in [0.1, 0.15) is 6.10 Å². The number of rotatable bonds is 1. The summed E-state index contributed by atoms with van der Waals surface area (Å²) in [7, 11) is 1.66. The van der Waals surface area contributed by atoms with Crippen molar-refractivity contribution >= 4 is 5.97 Å². The maximum absolute atomic E-state index is 12.0. The normalized spacial score (nSPS) is 58.1. The highest BCUT2D eigenvalue weighted by molar-refractivity contribution is 5.91. The van der Waals surface area contributed by atoms with Crippen LogP contribution in [0.15, 0.2) is 12.2 Å². The number of fused-ring (bicyclic) bond motifs is 2. The molecule has 1 spiro atoms. The van der Waals surface area contributed by atoms with Gasteiger partial charge >= 0.3 is 5.97 Å². The average Bonchev–Trinajstić information content (AvgIpc) is 2.83. The molecule has 0 aromatic heterocycles. The predicted molar refractivity (Wildman–Crippen MR) is 76.4 cm³/mol. The number of aliphatic hydroxyl groups excluding tert-OH is 1. The number of methoxy groups -OCH3 is 1. The SMILES string of the molecule is C=C1C(=O)O[C@H]2[C@H]1CC[C@@]1(C)C[C@]13C[C@@H](O)[C@@](C)(OC)[C@H]23. The van der Waals surface area contributed by atoms with E-state index in [-0.39, 0.29) is 34.7 Å². The molecule has 116 valence electrons. The lowest BCUT2D eigenvalue weighted by Crippen LogP contribution is -2.49. The highest BCUT2D eigenvalue weighted by atomic mass is 16.6. The minimum absolute atomic E-state index is 0.0570. The summed E-state index contributed by atoms with van der Waals surface area (Å²) in [5, 5.41) is 10.6. The lowest BCUT2D eigenvalue weighted by molar-refractivity contribution is -0.157. The van der Waals surface area contributed by atoms with Crippen LogP contribution in [0.2, 0.25) is 0 Å². The molecular formula is C17H24O4. The zero-order valence-corrected chi connectivity index (χ0v) is 13.0. The molecule has 4 rings (SSSR count). The van der Waals surface area contributed by atoms with Gasteiger partial charge in [-0.3, -0.25) is 0 Å². The summed E-state index contributed by atoms with van der Waals surface area (Å²) in [6.45, 7) is 8.25. The molecule has 21 heavy (non-hydrogen) atoms. The van der Waals surface area contributed by atoms with E-state index in [0.29, 0.717) is 5.57 Å². The molecule has 0 aromatic rings. The number of hydrogen-bond donors (Lipinski definition) is 1. The first kappa shape index (κ1) is 13.8. The van der Waals surface area contributed by atoms with Crippen molar-refractivity contribution in [2.24, 2.45) is 22.7 Å². The summed E-state index contributed by atoms with van der Waals surface area (Å²) in [5.41, 5.74) is 0.267. The van der Waals surface area contributed by atoms with E-state index in [4.69, 9.17) is 9.47 Å². The van der Waals surface area contributed by atoms with E-state index >= 15 is 0 Å². The fourth-order valence-electron chi connectivity index (χ4n) is 5.87. The summed E-state index contributed by atoms with van der Waals surface area (Å²) in [6, 6.07) is 0. The van der Waals surface area contributed by atoms with E-state index in [1.165, 1.54) is 0 Å². The van der Waals surface area contributed by atoms with Gasteiger partial charge in [-0.25, -0.2) is 4.79 Å². The van der Waals surface area contributed by atoms with Gasteiger partial charge in [-0.2, -0.15) is 0 Å². The first-order chi connectivity index (χ1) is 9.79. The molecule has 1 saturated heterocycles. The van der Waals surface area contributed by atoms with Crippen molar-refractivity contribution in [3.05, 3.63) is 12.2 Å². The van der Waals surface area contributed by atoms with Gasteiger partial charge in [-0.1, -0.05) is 13.5 Å². The third-order valence-corrected chi connectivity index (χ3v) is 7.34. The molecular weight excluding hydrogens is 268 g/mol. The molecule has 4 aliphatic rings. The second-order valence-corrected chi connectivity index (χ2v) is 8.02. The minimum Gasteiger partial charge on any atom is -0.458 e. The molecule has 0 amide bonds. The molecule has 0 aromatic carbocycles. The van der Waals surface area contributed by atoms with Gasteiger partial charge in [0.2, 0.25) is 0 Å². The molecule has 3 saturated carbocycles. The largest absolute Gasteiger partial charge is 0.458 e. The van der Waals surface area contributed by atoms with Gasteiger partial charge in [-0.05, 0) is 43.4 Å². The zero-order valence-electron chi connectivity index (χ0n) is 13.0. The lowest BCUT2D eigenvalue weighted by atomic mass is 9.74. The molecule has 0 bridgehead atoms. The molecule has 1 N–H and O–H groups in total. The van der Waals surface area contributed by atoms with Crippen LogP contribution in [0.4, 0.5) is 0 Å². The smallest absolute Gasteiger partial charge is 0.334 e. The van der Waals surface area contributed by atoms with Gasteiger partial charge in [0.05, 0.1) is 11.7 Å². The number of carbonyl (C=O) groups excluding carboxylic acids is 1. The standard InChI is InChI=1S/C17H24O4/c1-9-10-5-6-15(2)8-17(15)7-11(18)16(3,20-4)13(17)12(10)21-14(9)19/h10-13,18H,1,5-8H2,2-4H3/t10-,11+,12-,13-,15-,16+,17-/m0/s1. The highest BCUT2D eigenvalue weighted by Gasteiger charge is 2.79. The molecule has 7 atom stereocenters. The fraction of sp³-hybridized carbons (Fsp3) is 0.824. The molecule has 4 fully saturated rings. The Hall–Kier alpha value is -0.870. The predicted octanol–water partition coefficient (Wildman–Crippen LogP) is 2.06. The number of carbonyl (C=O) groups is 1.